The first-order valence-electron chi connectivity index (χ1n) is 7.22. The van der Waals surface area contributed by atoms with Crippen molar-refractivity contribution in [1.82, 2.24) is 4.72 Å². The van der Waals surface area contributed by atoms with E-state index in [0.29, 0.717) is 18.0 Å². The molecule has 0 atom stereocenters. The van der Waals surface area contributed by atoms with Gasteiger partial charge >= 0.3 is 0 Å². The van der Waals surface area contributed by atoms with Crippen molar-refractivity contribution in [2.45, 2.75) is 51.0 Å². The zero-order valence-electron chi connectivity index (χ0n) is 12.3. The highest BCUT2D eigenvalue weighted by Gasteiger charge is 2.36. The van der Waals surface area contributed by atoms with Crippen LogP contribution in [0.15, 0.2) is 23.1 Å². The topological polar surface area (TPSA) is 72.2 Å². The lowest BCUT2D eigenvalue weighted by Gasteiger charge is -2.41. The zero-order valence-corrected chi connectivity index (χ0v) is 13.1. The second kappa shape index (κ2) is 5.84. The van der Waals surface area contributed by atoms with Crippen LogP contribution in [0.25, 0.3) is 0 Å². The maximum atomic E-state index is 12.4. The maximum Gasteiger partial charge on any atom is 0.240 e. The van der Waals surface area contributed by atoms with E-state index in [-0.39, 0.29) is 5.41 Å². The molecule has 20 heavy (non-hydrogen) atoms. The highest BCUT2D eigenvalue weighted by molar-refractivity contribution is 7.89. The van der Waals surface area contributed by atoms with E-state index in [1.54, 1.807) is 12.1 Å². The molecule has 0 spiro atoms. The Kier molecular flexibility index (Phi) is 4.52. The highest BCUT2D eigenvalue weighted by atomic mass is 32.2. The zero-order chi connectivity index (χ0) is 14.8. The van der Waals surface area contributed by atoms with Crippen molar-refractivity contribution >= 4 is 10.0 Å². The van der Waals surface area contributed by atoms with Crippen molar-refractivity contribution in [3.63, 3.8) is 0 Å². The standard InChI is InChI=1S/C15H24N2O2S/c1-3-15(7-4-8-15)11-17-20(18,19)14-6-5-12(2)13(9-14)10-16/h5-6,9,17H,3-4,7-8,10-11,16H2,1-2H3. The predicted molar refractivity (Wildman–Crippen MR) is 80.8 cm³/mol. The molecule has 0 radical (unpaired) electrons. The van der Waals surface area contributed by atoms with Gasteiger partial charge in [-0.1, -0.05) is 19.4 Å². The average molecular weight is 296 g/mol. The Bertz CT molecular complexity index is 572. The minimum absolute atomic E-state index is 0.175. The van der Waals surface area contributed by atoms with Gasteiger partial charge < -0.3 is 5.73 Å². The van der Waals surface area contributed by atoms with Gasteiger partial charge in [-0.05, 0) is 54.9 Å². The molecule has 4 nitrogen and oxygen atoms in total. The molecular weight excluding hydrogens is 272 g/mol. The third kappa shape index (κ3) is 3.05. The fraction of sp³-hybridized carbons (Fsp3) is 0.600. The van der Waals surface area contributed by atoms with E-state index >= 15 is 0 Å². The minimum Gasteiger partial charge on any atom is -0.326 e. The van der Waals surface area contributed by atoms with Gasteiger partial charge in [0.2, 0.25) is 10.0 Å². The van der Waals surface area contributed by atoms with Gasteiger partial charge in [0.1, 0.15) is 0 Å². The summed E-state index contributed by atoms with van der Waals surface area (Å²) in [5, 5.41) is 0. The summed E-state index contributed by atoms with van der Waals surface area (Å²) in [6.07, 6.45) is 4.47. The van der Waals surface area contributed by atoms with Gasteiger partial charge in [0.05, 0.1) is 4.90 Å². The van der Waals surface area contributed by atoms with E-state index in [1.807, 2.05) is 13.0 Å². The summed E-state index contributed by atoms with van der Waals surface area (Å²) >= 11 is 0. The Morgan fingerprint density at radius 1 is 1.35 bits per heavy atom. The van der Waals surface area contributed by atoms with Crippen LogP contribution in [0.5, 0.6) is 0 Å². The summed E-state index contributed by atoms with van der Waals surface area (Å²) < 4.78 is 27.5. The van der Waals surface area contributed by atoms with Gasteiger partial charge in [-0.3, -0.25) is 0 Å². The highest BCUT2D eigenvalue weighted by Crippen LogP contribution is 2.43. The van der Waals surface area contributed by atoms with Gasteiger partial charge in [0.15, 0.2) is 0 Å². The monoisotopic (exact) mass is 296 g/mol. The first kappa shape index (κ1) is 15.5. The van der Waals surface area contributed by atoms with Crippen molar-refractivity contribution in [3.8, 4) is 0 Å². The number of hydrogen-bond acceptors (Lipinski definition) is 3. The lowest BCUT2D eigenvalue weighted by atomic mass is 9.67. The molecule has 0 heterocycles. The Morgan fingerprint density at radius 2 is 2.05 bits per heavy atom. The van der Waals surface area contributed by atoms with Crippen LogP contribution in [0.4, 0.5) is 0 Å². The number of hydrogen-bond donors (Lipinski definition) is 2. The van der Waals surface area contributed by atoms with Crippen molar-refractivity contribution in [2.75, 3.05) is 6.54 Å². The molecule has 112 valence electrons. The van der Waals surface area contributed by atoms with Gasteiger partial charge in [-0.2, -0.15) is 0 Å². The van der Waals surface area contributed by atoms with E-state index in [1.165, 1.54) is 6.42 Å². The molecule has 1 aromatic rings. The molecule has 1 fully saturated rings. The molecule has 1 saturated carbocycles. The smallest absolute Gasteiger partial charge is 0.240 e. The summed E-state index contributed by atoms with van der Waals surface area (Å²) in [5.74, 6) is 0. The van der Waals surface area contributed by atoms with E-state index < -0.39 is 10.0 Å². The first-order chi connectivity index (χ1) is 9.42. The third-order valence-electron chi connectivity index (χ3n) is 4.65. The SMILES string of the molecule is CCC1(CNS(=O)(=O)c2ccc(C)c(CN)c2)CCC1. The van der Waals surface area contributed by atoms with Crippen LogP contribution in [0, 0.1) is 12.3 Å². The van der Waals surface area contributed by atoms with Gasteiger partial charge in [-0.15, -0.1) is 0 Å². The second-order valence-electron chi connectivity index (χ2n) is 5.82. The number of aryl methyl sites for hydroxylation is 1. The summed E-state index contributed by atoms with van der Waals surface area (Å²) in [5.41, 5.74) is 7.72. The van der Waals surface area contributed by atoms with Crippen LogP contribution in [0.1, 0.15) is 43.7 Å². The number of rotatable bonds is 6. The van der Waals surface area contributed by atoms with Crippen molar-refractivity contribution < 1.29 is 8.42 Å². The molecule has 2 rings (SSSR count). The molecule has 3 N–H and O–H groups in total. The van der Waals surface area contributed by atoms with E-state index in [2.05, 4.69) is 11.6 Å². The number of sulfonamides is 1. The maximum absolute atomic E-state index is 12.4. The number of nitrogens with two attached hydrogens (primary N) is 1. The lowest BCUT2D eigenvalue weighted by Crippen LogP contribution is -2.41. The van der Waals surface area contributed by atoms with Crippen LogP contribution < -0.4 is 10.5 Å². The fourth-order valence-electron chi connectivity index (χ4n) is 2.70. The average Bonchev–Trinajstić information content (AvgIpc) is 2.38. The molecule has 0 amide bonds. The van der Waals surface area contributed by atoms with Crippen LogP contribution in [-0.4, -0.2) is 15.0 Å². The molecule has 5 heteroatoms. The van der Waals surface area contributed by atoms with Crippen molar-refractivity contribution in [2.24, 2.45) is 11.1 Å². The summed E-state index contributed by atoms with van der Waals surface area (Å²) in [4.78, 5) is 0.314. The largest absolute Gasteiger partial charge is 0.326 e. The molecule has 1 aliphatic rings. The van der Waals surface area contributed by atoms with Crippen LogP contribution >= 0.6 is 0 Å². The number of nitrogens with one attached hydrogen (secondary N) is 1. The fourth-order valence-corrected chi connectivity index (χ4v) is 3.91. The Morgan fingerprint density at radius 3 is 2.55 bits per heavy atom. The molecule has 0 bridgehead atoms. The van der Waals surface area contributed by atoms with E-state index in [0.717, 1.165) is 30.4 Å². The van der Waals surface area contributed by atoms with E-state index in [4.69, 9.17) is 5.73 Å². The molecule has 1 aromatic carbocycles. The Labute approximate surface area is 121 Å². The Balaban J connectivity index is 2.14. The molecule has 0 unspecified atom stereocenters. The molecule has 0 aromatic heterocycles. The third-order valence-corrected chi connectivity index (χ3v) is 6.05. The van der Waals surface area contributed by atoms with Crippen molar-refractivity contribution in [1.29, 1.82) is 0 Å². The first-order valence-corrected chi connectivity index (χ1v) is 8.70. The predicted octanol–water partition coefficient (Wildman–Crippen LogP) is 2.31. The summed E-state index contributed by atoms with van der Waals surface area (Å²) in [6.45, 7) is 4.96. The molecule has 0 saturated heterocycles. The van der Waals surface area contributed by atoms with Crippen LogP contribution in [0.2, 0.25) is 0 Å². The molecule has 1 aliphatic carbocycles. The van der Waals surface area contributed by atoms with Crippen LogP contribution in [-0.2, 0) is 16.6 Å². The second-order valence-corrected chi connectivity index (χ2v) is 7.59. The van der Waals surface area contributed by atoms with E-state index in [9.17, 15) is 8.42 Å². The van der Waals surface area contributed by atoms with Crippen molar-refractivity contribution in [3.05, 3.63) is 29.3 Å². The lowest BCUT2D eigenvalue weighted by molar-refractivity contribution is 0.133. The van der Waals surface area contributed by atoms with Crippen LogP contribution in [0.3, 0.4) is 0 Å². The molecular formula is C15H24N2O2S. The van der Waals surface area contributed by atoms with Gasteiger partial charge in [-0.25, -0.2) is 13.1 Å². The number of benzene rings is 1. The quantitative estimate of drug-likeness (QED) is 0.846. The normalized spacial score (nSPS) is 17.8. The minimum atomic E-state index is -3.43. The Hall–Kier alpha value is -0.910. The van der Waals surface area contributed by atoms with Gasteiger partial charge in [0, 0.05) is 13.1 Å². The summed E-state index contributed by atoms with van der Waals surface area (Å²) in [6, 6.07) is 5.14. The molecule has 0 aliphatic heterocycles. The summed E-state index contributed by atoms with van der Waals surface area (Å²) in [7, 11) is -3.43. The van der Waals surface area contributed by atoms with Gasteiger partial charge in [0.25, 0.3) is 0 Å².